The predicted molar refractivity (Wildman–Crippen MR) is 115 cm³/mol. The highest BCUT2D eigenvalue weighted by Crippen LogP contribution is 2.41. The number of esters is 1. The van der Waals surface area contributed by atoms with Crippen molar-refractivity contribution in [1.82, 2.24) is 0 Å². The molecule has 2 aromatic rings. The van der Waals surface area contributed by atoms with Crippen LogP contribution in [0, 0.1) is 0 Å². The molecule has 0 spiro atoms. The van der Waals surface area contributed by atoms with Crippen LogP contribution in [-0.2, 0) is 20.7 Å². The van der Waals surface area contributed by atoms with E-state index < -0.39 is 17.7 Å². The van der Waals surface area contributed by atoms with Crippen molar-refractivity contribution in [3.05, 3.63) is 64.7 Å². The van der Waals surface area contributed by atoms with Crippen LogP contribution in [0.1, 0.15) is 43.9 Å². The second kappa shape index (κ2) is 8.15. The molecule has 1 unspecified atom stereocenters. The van der Waals surface area contributed by atoms with Crippen LogP contribution in [0.4, 0.5) is 0 Å². The van der Waals surface area contributed by atoms with Gasteiger partial charge in [-0.2, -0.15) is 0 Å². The zero-order valence-corrected chi connectivity index (χ0v) is 18.0. The molecule has 0 amide bonds. The van der Waals surface area contributed by atoms with E-state index in [2.05, 4.69) is 6.07 Å². The fourth-order valence-corrected chi connectivity index (χ4v) is 3.99. The second-order valence-corrected chi connectivity index (χ2v) is 8.59. The quantitative estimate of drug-likeness (QED) is 0.694. The average Bonchev–Trinajstić information content (AvgIpc) is 2.75. The smallest absolute Gasteiger partial charge is 0.339 e. The number of fused-ring (bicyclic) bond motifs is 2. The van der Waals surface area contributed by atoms with Crippen LogP contribution in [0.25, 0.3) is 5.57 Å². The highest BCUT2D eigenvalue weighted by Gasteiger charge is 2.35. The summed E-state index contributed by atoms with van der Waals surface area (Å²) in [5.41, 5.74) is 4.36. The van der Waals surface area contributed by atoms with Crippen LogP contribution in [0.15, 0.2) is 48.0 Å². The molecule has 5 heteroatoms. The molecule has 0 aromatic heterocycles. The van der Waals surface area contributed by atoms with Gasteiger partial charge in [0.2, 0.25) is 0 Å². The third-order valence-electron chi connectivity index (χ3n) is 5.26. The minimum absolute atomic E-state index is 0.260. The molecular formula is C25H28O5. The third-order valence-corrected chi connectivity index (χ3v) is 5.26. The zero-order valence-electron chi connectivity index (χ0n) is 18.0. The standard InChI is InChI=1S/C25H28O5/c1-25(2,3)30-23(24(26)27-4)19-15-29-21-10-6-5-9-18(21)22(19)17-11-12-20-16(14-17)8-7-13-28-20/h5-6,9-12,14,23H,7-8,13,15H2,1-4H3. The molecule has 2 aromatic carbocycles. The molecule has 0 saturated heterocycles. The van der Waals surface area contributed by atoms with E-state index in [0.717, 1.165) is 53.2 Å². The number of hydrogen-bond acceptors (Lipinski definition) is 5. The number of para-hydroxylation sites is 1. The Balaban J connectivity index is 1.91. The topological polar surface area (TPSA) is 54.0 Å². The van der Waals surface area contributed by atoms with E-state index in [4.69, 9.17) is 18.9 Å². The molecule has 0 saturated carbocycles. The fourth-order valence-electron chi connectivity index (χ4n) is 3.99. The molecule has 2 aliphatic rings. The Kier molecular flexibility index (Phi) is 5.56. The number of methoxy groups -OCH3 is 1. The van der Waals surface area contributed by atoms with Gasteiger partial charge >= 0.3 is 5.97 Å². The van der Waals surface area contributed by atoms with Crippen molar-refractivity contribution in [2.45, 2.75) is 45.3 Å². The Bertz CT molecular complexity index is 983. The Morgan fingerprint density at radius 1 is 1.07 bits per heavy atom. The monoisotopic (exact) mass is 408 g/mol. The zero-order chi connectivity index (χ0) is 21.3. The SMILES string of the molecule is COC(=O)C(OC(C)(C)C)C1=C(c2ccc3c(c2)CCCO3)c2ccccc2OC1. The van der Waals surface area contributed by atoms with E-state index >= 15 is 0 Å². The molecule has 2 aliphatic heterocycles. The van der Waals surface area contributed by atoms with E-state index in [-0.39, 0.29) is 6.61 Å². The summed E-state index contributed by atoms with van der Waals surface area (Å²) in [6.45, 7) is 6.79. The molecular weight excluding hydrogens is 380 g/mol. The summed E-state index contributed by atoms with van der Waals surface area (Å²) in [7, 11) is 1.38. The largest absolute Gasteiger partial charge is 0.493 e. The first kappa shape index (κ1) is 20.5. The average molecular weight is 408 g/mol. The lowest BCUT2D eigenvalue weighted by molar-refractivity contribution is -0.159. The van der Waals surface area contributed by atoms with E-state index in [1.54, 1.807) is 0 Å². The third kappa shape index (κ3) is 4.08. The molecule has 0 N–H and O–H groups in total. The van der Waals surface area contributed by atoms with E-state index in [1.165, 1.54) is 12.7 Å². The van der Waals surface area contributed by atoms with E-state index in [0.29, 0.717) is 0 Å². The van der Waals surface area contributed by atoms with Crippen LogP contribution in [0.5, 0.6) is 11.5 Å². The fraction of sp³-hybridized carbons (Fsp3) is 0.400. The van der Waals surface area contributed by atoms with Gasteiger partial charge in [-0.1, -0.05) is 24.3 Å². The molecule has 1 atom stereocenters. The Hall–Kier alpha value is -2.79. The van der Waals surface area contributed by atoms with Crippen molar-refractivity contribution < 1.29 is 23.7 Å². The molecule has 0 radical (unpaired) electrons. The van der Waals surface area contributed by atoms with Gasteiger partial charge in [0.05, 0.1) is 19.3 Å². The van der Waals surface area contributed by atoms with Crippen LogP contribution >= 0.6 is 0 Å². The van der Waals surface area contributed by atoms with Gasteiger partial charge in [-0.15, -0.1) is 0 Å². The molecule has 30 heavy (non-hydrogen) atoms. The van der Waals surface area contributed by atoms with Gasteiger partial charge in [0.1, 0.15) is 18.1 Å². The van der Waals surface area contributed by atoms with Crippen LogP contribution in [0.3, 0.4) is 0 Å². The molecule has 5 nitrogen and oxygen atoms in total. The summed E-state index contributed by atoms with van der Waals surface area (Å²) in [6.07, 6.45) is 1.12. The number of rotatable bonds is 4. The summed E-state index contributed by atoms with van der Waals surface area (Å²) in [4.78, 5) is 12.8. The first-order valence-corrected chi connectivity index (χ1v) is 10.3. The first-order valence-electron chi connectivity index (χ1n) is 10.3. The maximum atomic E-state index is 12.8. The summed E-state index contributed by atoms with van der Waals surface area (Å²) < 4.78 is 23.1. The second-order valence-electron chi connectivity index (χ2n) is 8.59. The van der Waals surface area contributed by atoms with Gasteiger partial charge in [-0.25, -0.2) is 4.79 Å². The van der Waals surface area contributed by atoms with Crippen LogP contribution < -0.4 is 9.47 Å². The minimum Gasteiger partial charge on any atom is -0.493 e. The summed E-state index contributed by atoms with van der Waals surface area (Å²) in [5, 5.41) is 0. The van der Waals surface area contributed by atoms with Crippen molar-refractivity contribution in [2.75, 3.05) is 20.3 Å². The lowest BCUT2D eigenvalue weighted by Crippen LogP contribution is -2.38. The van der Waals surface area contributed by atoms with Gasteiger partial charge < -0.3 is 18.9 Å². The Labute approximate surface area is 177 Å². The van der Waals surface area contributed by atoms with Crippen LogP contribution in [-0.4, -0.2) is 38.0 Å². The minimum atomic E-state index is -0.856. The van der Waals surface area contributed by atoms with Gasteiger partial charge in [0.25, 0.3) is 0 Å². The maximum absolute atomic E-state index is 12.8. The van der Waals surface area contributed by atoms with Crippen LogP contribution in [0.2, 0.25) is 0 Å². The summed E-state index contributed by atoms with van der Waals surface area (Å²) in [5.74, 6) is 1.30. The summed E-state index contributed by atoms with van der Waals surface area (Å²) >= 11 is 0. The van der Waals surface area contributed by atoms with E-state index in [9.17, 15) is 4.79 Å². The number of benzene rings is 2. The number of hydrogen-bond donors (Lipinski definition) is 0. The number of carbonyl (C=O) groups excluding carboxylic acids is 1. The maximum Gasteiger partial charge on any atom is 0.339 e. The van der Waals surface area contributed by atoms with Crippen molar-refractivity contribution in [3.63, 3.8) is 0 Å². The van der Waals surface area contributed by atoms with Crippen molar-refractivity contribution >= 4 is 11.5 Å². The Morgan fingerprint density at radius 2 is 1.87 bits per heavy atom. The lowest BCUT2D eigenvalue weighted by atomic mass is 9.87. The van der Waals surface area contributed by atoms with Gasteiger partial charge in [0.15, 0.2) is 6.10 Å². The molecule has 4 rings (SSSR count). The molecule has 0 aliphatic carbocycles. The normalized spacial score (nSPS) is 16.7. The van der Waals surface area contributed by atoms with Crippen molar-refractivity contribution in [3.8, 4) is 11.5 Å². The van der Waals surface area contributed by atoms with Crippen molar-refractivity contribution in [2.24, 2.45) is 0 Å². The molecule has 0 bridgehead atoms. The number of ether oxygens (including phenoxy) is 4. The Morgan fingerprint density at radius 3 is 2.63 bits per heavy atom. The lowest BCUT2D eigenvalue weighted by Gasteiger charge is -2.32. The van der Waals surface area contributed by atoms with Crippen molar-refractivity contribution in [1.29, 1.82) is 0 Å². The number of aryl methyl sites for hydroxylation is 1. The first-order chi connectivity index (χ1) is 14.4. The van der Waals surface area contributed by atoms with Gasteiger partial charge in [-0.3, -0.25) is 0 Å². The highest BCUT2D eigenvalue weighted by atomic mass is 16.6. The predicted octanol–water partition coefficient (Wildman–Crippen LogP) is 4.56. The number of carbonyl (C=O) groups is 1. The van der Waals surface area contributed by atoms with Gasteiger partial charge in [0, 0.05) is 11.1 Å². The highest BCUT2D eigenvalue weighted by molar-refractivity contribution is 5.91. The molecule has 2 heterocycles. The molecule has 158 valence electrons. The van der Waals surface area contributed by atoms with E-state index in [1.807, 2.05) is 57.2 Å². The summed E-state index contributed by atoms with van der Waals surface area (Å²) in [6, 6.07) is 14.1. The molecule has 0 fully saturated rings. The van der Waals surface area contributed by atoms with Gasteiger partial charge in [-0.05, 0) is 68.5 Å².